The van der Waals surface area contributed by atoms with Gasteiger partial charge in [0.1, 0.15) is 5.69 Å². The molecule has 2 N–H and O–H groups in total. The van der Waals surface area contributed by atoms with Crippen molar-refractivity contribution < 1.29 is 4.79 Å². The molecule has 0 aliphatic carbocycles. The van der Waals surface area contributed by atoms with Crippen LogP contribution in [0.1, 0.15) is 28.4 Å². The molecule has 1 amide bonds. The average molecular weight is 270 g/mol. The van der Waals surface area contributed by atoms with Crippen molar-refractivity contribution in [1.82, 2.24) is 9.55 Å². The lowest BCUT2D eigenvalue weighted by atomic mass is 9.98. The maximum absolute atomic E-state index is 12.6. The van der Waals surface area contributed by atoms with Crippen LogP contribution >= 0.6 is 0 Å². The zero-order valence-corrected chi connectivity index (χ0v) is 11.5. The summed E-state index contributed by atoms with van der Waals surface area (Å²) in [6.07, 6.45) is 4.29. The molecule has 1 atom stereocenters. The molecule has 1 unspecified atom stereocenters. The summed E-state index contributed by atoms with van der Waals surface area (Å²) in [6, 6.07) is 8.05. The Kier molecular flexibility index (Phi) is 3.28. The maximum atomic E-state index is 12.6. The van der Waals surface area contributed by atoms with Crippen molar-refractivity contribution in [3.8, 4) is 0 Å². The fraction of sp³-hybridized carbons (Fsp3) is 0.333. The van der Waals surface area contributed by atoms with Gasteiger partial charge in [0.15, 0.2) is 0 Å². The van der Waals surface area contributed by atoms with Crippen molar-refractivity contribution in [2.75, 3.05) is 18.0 Å². The predicted octanol–water partition coefficient (Wildman–Crippen LogP) is 1.51. The predicted molar refractivity (Wildman–Crippen MR) is 77.7 cm³/mol. The van der Waals surface area contributed by atoms with E-state index in [4.69, 9.17) is 5.73 Å². The zero-order chi connectivity index (χ0) is 14.1. The van der Waals surface area contributed by atoms with Crippen LogP contribution in [-0.2, 0) is 7.05 Å². The van der Waals surface area contributed by atoms with Crippen LogP contribution in [0, 0.1) is 0 Å². The lowest BCUT2D eigenvalue weighted by molar-refractivity contribution is 0.0983. The van der Waals surface area contributed by atoms with Gasteiger partial charge in [-0.1, -0.05) is 18.2 Å². The van der Waals surface area contributed by atoms with Gasteiger partial charge in [-0.3, -0.25) is 4.79 Å². The molecule has 5 nitrogen and oxygen atoms in total. The molecule has 0 spiro atoms. The number of para-hydroxylation sites is 1. The maximum Gasteiger partial charge on any atom is 0.278 e. The molecular formula is C15H18N4O. The van der Waals surface area contributed by atoms with Crippen molar-refractivity contribution in [2.24, 2.45) is 12.8 Å². The van der Waals surface area contributed by atoms with E-state index in [1.165, 1.54) is 5.56 Å². The number of nitrogens with two attached hydrogens (primary N) is 1. The van der Waals surface area contributed by atoms with E-state index in [1.807, 2.05) is 30.1 Å². The third-order valence-corrected chi connectivity index (χ3v) is 3.75. The van der Waals surface area contributed by atoms with Gasteiger partial charge in [-0.25, -0.2) is 4.98 Å². The van der Waals surface area contributed by atoms with E-state index in [2.05, 4.69) is 11.1 Å². The van der Waals surface area contributed by atoms with Crippen molar-refractivity contribution in [3.63, 3.8) is 0 Å². The SMILES string of the molecule is Cn1cnc(C(=O)N2CC(CCN)c3ccccc32)c1. The van der Waals surface area contributed by atoms with Crippen LogP contribution < -0.4 is 10.6 Å². The molecular weight excluding hydrogens is 252 g/mol. The lowest BCUT2D eigenvalue weighted by Crippen LogP contribution is -2.30. The molecule has 2 heterocycles. The largest absolute Gasteiger partial charge is 0.340 e. The molecule has 0 saturated carbocycles. The molecule has 1 aliphatic rings. The average Bonchev–Trinajstić information content (AvgIpc) is 3.04. The van der Waals surface area contributed by atoms with E-state index in [9.17, 15) is 4.79 Å². The number of hydrogen-bond acceptors (Lipinski definition) is 3. The Morgan fingerprint density at radius 1 is 1.45 bits per heavy atom. The first-order chi connectivity index (χ1) is 9.70. The third-order valence-electron chi connectivity index (χ3n) is 3.75. The van der Waals surface area contributed by atoms with E-state index < -0.39 is 0 Å². The van der Waals surface area contributed by atoms with Gasteiger partial charge in [0.2, 0.25) is 0 Å². The van der Waals surface area contributed by atoms with Crippen molar-refractivity contribution >= 4 is 11.6 Å². The highest BCUT2D eigenvalue weighted by Gasteiger charge is 2.32. The second-order valence-electron chi connectivity index (χ2n) is 5.17. The number of aromatic nitrogens is 2. The summed E-state index contributed by atoms with van der Waals surface area (Å²) >= 11 is 0. The fourth-order valence-corrected chi connectivity index (χ4v) is 2.80. The Labute approximate surface area is 118 Å². The second-order valence-corrected chi connectivity index (χ2v) is 5.17. The first-order valence-corrected chi connectivity index (χ1v) is 6.79. The molecule has 0 bridgehead atoms. The number of aryl methyl sites for hydroxylation is 1. The molecule has 2 aromatic rings. The third kappa shape index (κ3) is 2.10. The minimum atomic E-state index is -0.0439. The van der Waals surface area contributed by atoms with E-state index in [0.29, 0.717) is 24.7 Å². The normalized spacial score (nSPS) is 17.3. The summed E-state index contributed by atoms with van der Waals surface area (Å²) in [6.45, 7) is 1.32. The van der Waals surface area contributed by atoms with Crippen LogP contribution in [0.4, 0.5) is 5.69 Å². The molecule has 1 aliphatic heterocycles. The molecule has 1 aromatic heterocycles. The highest BCUT2D eigenvalue weighted by molar-refractivity contribution is 6.06. The summed E-state index contributed by atoms with van der Waals surface area (Å²) < 4.78 is 1.78. The van der Waals surface area contributed by atoms with E-state index >= 15 is 0 Å². The Morgan fingerprint density at radius 2 is 2.25 bits per heavy atom. The van der Waals surface area contributed by atoms with Gasteiger partial charge >= 0.3 is 0 Å². The van der Waals surface area contributed by atoms with E-state index in [0.717, 1.165) is 12.1 Å². The van der Waals surface area contributed by atoms with Gasteiger partial charge in [0, 0.05) is 31.4 Å². The van der Waals surface area contributed by atoms with Gasteiger partial charge in [0.25, 0.3) is 5.91 Å². The standard InChI is InChI=1S/C15H18N4O/c1-18-9-13(17-10-18)15(20)19-8-11(6-7-16)12-4-2-3-5-14(12)19/h2-5,9-11H,6-8,16H2,1H3. The lowest BCUT2D eigenvalue weighted by Gasteiger charge is -2.16. The van der Waals surface area contributed by atoms with Crippen molar-refractivity contribution in [3.05, 3.63) is 48.0 Å². The van der Waals surface area contributed by atoms with Crippen LogP contribution in [0.15, 0.2) is 36.8 Å². The monoisotopic (exact) mass is 270 g/mol. The van der Waals surface area contributed by atoms with Gasteiger partial charge in [-0.2, -0.15) is 0 Å². The number of rotatable bonds is 3. The number of carbonyl (C=O) groups excluding carboxylic acids is 1. The number of nitrogens with zero attached hydrogens (tertiary/aromatic N) is 3. The number of hydrogen-bond donors (Lipinski definition) is 1. The van der Waals surface area contributed by atoms with Gasteiger partial charge in [0.05, 0.1) is 6.33 Å². The number of imidazole rings is 1. The molecule has 5 heteroatoms. The summed E-state index contributed by atoms with van der Waals surface area (Å²) in [4.78, 5) is 18.6. The van der Waals surface area contributed by atoms with E-state index in [-0.39, 0.29) is 5.91 Å². The van der Waals surface area contributed by atoms with Crippen molar-refractivity contribution in [2.45, 2.75) is 12.3 Å². The van der Waals surface area contributed by atoms with Crippen molar-refractivity contribution in [1.29, 1.82) is 0 Å². The Morgan fingerprint density at radius 3 is 2.95 bits per heavy atom. The molecule has 1 aromatic carbocycles. The molecule has 20 heavy (non-hydrogen) atoms. The molecule has 0 fully saturated rings. The van der Waals surface area contributed by atoms with Crippen LogP contribution in [-0.4, -0.2) is 28.5 Å². The Hall–Kier alpha value is -2.14. The highest BCUT2D eigenvalue weighted by Crippen LogP contribution is 2.38. The van der Waals surface area contributed by atoms with Gasteiger partial charge < -0.3 is 15.2 Å². The van der Waals surface area contributed by atoms with Crippen LogP contribution in [0.5, 0.6) is 0 Å². The number of anilines is 1. The van der Waals surface area contributed by atoms with E-state index in [1.54, 1.807) is 17.1 Å². The van der Waals surface area contributed by atoms with Crippen LogP contribution in [0.2, 0.25) is 0 Å². The number of fused-ring (bicyclic) bond motifs is 1. The topological polar surface area (TPSA) is 64.2 Å². The molecule has 3 rings (SSSR count). The first-order valence-electron chi connectivity index (χ1n) is 6.79. The number of amides is 1. The Balaban J connectivity index is 1.93. The van der Waals surface area contributed by atoms with Crippen LogP contribution in [0.3, 0.4) is 0 Å². The molecule has 104 valence electrons. The van der Waals surface area contributed by atoms with Gasteiger partial charge in [-0.05, 0) is 24.6 Å². The minimum absolute atomic E-state index is 0.0439. The van der Waals surface area contributed by atoms with Gasteiger partial charge in [-0.15, -0.1) is 0 Å². The van der Waals surface area contributed by atoms with Crippen LogP contribution in [0.25, 0.3) is 0 Å². The quantitative estimate of drug-likeness (QED) is 0.919. The smallest absolute Gasteiger partial charge is 0.278 e. The highest BCUT2D eigenvalue weighted by atomic mass is 16.2. The summed E-state index contributed by atoms with van der Waals surface area (Å²) in [5, 5.41) is 0. The fourth-order valence-electron chi connectivity index (χ4n) is 2.80. The zero-order valence-electron chi connectivity index (χ0n) is 11.5. The second kappa shape index (κ2) is 5.09. The summed E-state index contributed by atoms with van der Waals surface area (Å²) in [5.41, 5.74) is 8.36. The number of benzene rings is 1. The number of carbonyl (C=O) groups is 1. The Bertz CT molecular complexity index is 634. The molecule has 0 radical (unpaired) electrons. The first kappa shape index (κ1) is 12.9. The molecule has 0 saturated heterocycles. The summed E-state index contributed by atoms with van der Waals surface area (Å²) in [7, 11) is 1.86. The summed E-state index contributed by atoms with van der Waals surface area (Å²) in [5.74, 6) is 0.279. The minimum Gasteiger partial charge on any atom is -0.340 e.